The van der Waals surface area contributed by atoms with Crippen molar-refractivity contribution < 1.29 is 13.9 Å². The number of carbonyl (C=O) groups is 1. The van der Waals surface area contributed by atoms with Crippen LogP contribution in [-0.2, 0) is 11.4 Å². The highest BCUT2D eigenvalue weighted by molar-refractivity contribution is 7.99. The molecule has 0 unspecified atom stereocenters. The second kappa shape index (κ2) is 10.1. The minimum absolute atomic E-state index is 0.126. The molecule has 4 aromatic rings. The zero-order valence-corrected chi connectivity index (χ0v) is 17.8. The van der Waals surface area contributed by atoms with E-state index in [9.17, 15) is 4.79 Å². The summed E-state index contributed by atoms with van der Waals surface area (Å²) in [5.41, 5.74) is 2.22. The molecule has 1 N–H and O–H groups in total. The summed E-state index contributed by atoms with van der Waals surface area (Å²) in [5.74, 6) is 0.942. The van der Waals surface area contributed by atoms with Crippen molar-refractivity contribution in [2.24, 2.45) is 0 Å². The molecular formula is C22H17ClN4O3S. The van der Waals surface area contributed by atoms with Crippen molar-refractivity contribution in [3.05, 3.63) is 83.6 Å². The number of benzene rings is 2. The Morgan fingerprint density at radius 1 is 1.06 bits per heavy atom. The fourth-order valence-corrected chi connectivity index (χ4v) is 3.30. The SMILES string of the molecule is O=C(CSc1nnc(-c2ccc(Cl)cc2)o1)Nc1cccc(OCc2ccccn2)c1. The Kier molecular flexibility index (Phi) is 6.81. The van der Waals surface area contributed by atoms with E-state index in [4.69, 9.17) is 20.8 Å². The van der Waals surface area contributed by atoms with Crippen LogP contribution in [0.4, 0.5) is 5.69 Å². The molecule has 31 heavy (non-hydrogen) atoms. The van der Waals surface area contributed by atoms with Crippen molar-refractivity contribution in [1.82, 2.24) is 15.2 Å². The lowest BCUT2D eigenvalue weighted by atomic mass is 10.2. The predicted octanol–water partition coefficient (Wildman–Crippen LogP) is 5.09. The van der Waals surface area contributed by atoms with Crippen LogP contribution in [-0.4, -0.2) is 26.8 Å². The molecule has 0 fully saturated rings. The zero-order valence-electron chi connectivity index (χ0n) is 16.2. The number of hydrogen-bond donors (Lipinski definition) is 1. The molecule has 0 saturated carbocycles. The molecule has 2 aromatic heterocycles. The summed E-state index contributed by atoms with van der Waals surface area (Å²) >= 11 is 7.05. The van der Waals surface area contributed by atoms with Gasteiger partial charge in [-0.25, -0.2) is 0 Å². The number of nitrogens with one attached hydrogen (secondary N) is 1. The lowest BCUT2D eigenvalue weighted by Gasteiger charge is -2.08. The number of carbonyl (C=O) groups excluding carboxylic acids is 1. The van der Waals surface area contributed by atoms with Gasteiger partial charge in [0.15, 0.2) is 0 Å². The Labute approximate surface area is 187 Å². The van der Waals surface area contributed by atoms with Gasteiger partial charge in [-0.2, -0.15) is 0 Å². The van der Waals surface area contributed by atoms with Gasteiger partial charge >= 0.3 is 0 Å². The highest BCUT2D eigenvalue weighted by Gasteiger charge is 2.12. The normalized spacial score (nSPS) is 10.6. The fraction of sp³-hybridized carbons (Fsp3) is 0.0909. The van der Waals surface area contributed by atoms with E-state index in [0.717, 1.165) is 23.0 Å². The van der Waals surface area contributed by atoms with E-state index in [0.29, 0.717) is 34.2 Å². The van der Waals surface area contributed by atoms with Crippen molar-refractivity contribution in [3.63, 3.8) is 0 Å². The van der Waals surface area contributed by atoms with Gasteiger partial charge in [-0.05, 0) is 48.5 Å². The Bertz CT molecular complexity index is 1150. The number of aromatic nitrogens is 3. The van der Waals surface area contributed by atoms with Crippen molar-refractivity contribution in [2.75, 3.05) is 11.1 Å². The van der Waals surface area contributed by atoms with E-state index in [2.05, 4.69) is 20.5 Å². The average Bonchev–Trinajstić information content (AvgIpc) is 3.27. The Balaban J connectivity index is 1.28. The second-order valence-corrected chi connectivity index (χ2v) is 7.72. The van der Waals surface area contributed by atoms with Crippen molar-refractivity contribution in [1.29, 1.82) is 0 Å². The van der Waals surface area contributed by atoms with Crippen LogP contribution >= 0.6 is 23.4 Å². The summed E-state index contributed by atoms with van der Waals surface area (Å²) in [5, 5.41) is 11.7. The Morgan fingerprint density at radius 3 is 2.74 bits per heavy atom. The van der Waals surface area contributed by atoms with E-state index in [-0.39, 0.29) is 11.7 Å². The maximum atomic E-state index is 12.3. The average molecular weight is 453 g/mol. The van der Waals surface area contributed by atoms with E-state index < -0.39 is 0 Å². The largest absolute Gasteiger partial charge is 0.487 e. The van der Waals surface area contributed by atoms with Gasteiger partial charge in [-0.1, -0.05) is 35.5 Å². The number of hydrogen-bond acceptors (Lipinski definition) is 7. The van der Waals surface area contributed by atoms with Crippen molar-refractivity contribution in [3.8, 4) is 17.2 Å². The zero-order chi connectivity index (χ0) is 21.5. The van der Waals surface area contributed by atoms with Gasteiger partial charge in [0.25, 0.3) is 5.22 Å². The molecule has 0 aliphatic rings. The van der Waals surface area contributed by atoms with Crippen LogP contribution in [0.15, 0.2) is 82.6 Å². The quantitative estimate of drug-likeness (QED) is 0.372. The molecule has 0 bridgehead atoms. The molecule has 2 aromatic carbocycles. The second-order valence-electron chi connectivity index (χ2n) is 6.35. The number of anilines is 1. The summed E-state index contributed by atoms with van der Waals surface area (Å²) < 4.78 is 11.3. The number of amides is 1. The monoisotopic (exact) mass is 452 g/mol. The molecule has 2 heterocycles. The van der Waals surface area contributed by atoms with Gasteiger partial charge in [0.2, 0.25) is 11.8 Å². The summed E-state index contributed by atoms with van der Waals surface area (Å²) in [6.45, 7) is 0.348. The van der Waals surface area contributed by atoms with Crippen LogP contribution < -0.4 is 10.1 Å². The van der Waals surface area contributed by atoms with Crippen LogP contribution in [0.25, 0.3) is 11.5 Å². The van der Waals surface area contributed by atoms with Gasteiger partial charge in [-0.3, -0.25) is 9.78 Å². The standard InChI is InChI=1S/C22H17ClN4O3S/c23-16-9-7-15(8-10-16)21-26-27-22(30-21)31-14-20(28)25-17-5-3-6-19(12-17)29-13-18-4-1-2-11-24-18/h1-12H,13-14H2,(H,25,28). The maximum absolute atomic E-state index is 12.3. The first-order valence-electron chi connectivity index (χ1n) is 9.30. The highest BCUT2D eigenvalue weighted by Crippen LogP contribution is 2.25. The van der Waals surface area contributed by atoms with Crippen molar-refractivity contribution >= 4 is 35.0 Å². The van der Waals surface area contributed by atoms with Crippen LogP contribution in [0.2, 0.25) is 5.02 Å². The molecule has 0 saturated heterocycles. The number of thioether (sulfide) groups is 1. The number of halogens is 1. The van der Waals surface area contributed by atoms with Crippen LogP contribution in [0.1, 0.15) is 5.69 Å². The molecule has 0 aliphatic carbocycles. The number of nitrogens with zero attached hydrogens (tertiary/aromatic N) is 3. The van der Waals surface area contributed by atoms with Gasteiger partial charge in [0.1, 0.15) is 12.4 Å². The molecule has 9 heteroatoms. The third-order valence-corrected chi connectivity index (χ3v) is 5.13. The lowest BCUT2D eigenvalue weighted by molar-refractivity contribution is -0.113. The molecule has 156 valence electrons. The first kappa shape index (κ1) is 20.9. The third-order valence-electron chi connectivity index (χ3n) is 4.06. The lowest BCUT2D eigenvalue weighted by Crippen LogP contribution is -2.14. The molecule has 0 spiro atoms. The minimum Gasteiger partial charge on any atom is -0.487 e. The van der Waals surface area contributed by atoms with Crippen molar-refractivity contribution in [2.45, 2.75) is 11.8 Å². The van der Waals surface area contributed by atoms with Gasteiger partial charge in [-0.15, -0.1) is 10.2 Å². The number of pyridine rings is 1. The topological polar surface area (TPSA) is 90.1 Å². The Morgan fingerprint density at radius 2 is 1.94 bits per heavy atom. The van der Waals surface area contributed by atoms with Gasteiger partial charge < -0.3 is 14.5 Å². The molecule has 0 radical (unpaired) electrons. The van der Waals surface area contributed by atoms with Crippen LogP contribution in [0.5, 0.6) is 5.75 Å². The molecule has 4 rings (SSSR count). The Hall–Kier alpha value is -3.36. The van der Waals surface area contributed by atoms with E-state index in [1.807, 2.05) is 30.3 Å². The third kappa shape index (κ3) is 6.07. The number of ether oxygens (including phenoxy) is 1. The summed E-state index contributed by atoms with van der Waals surface area (Å²) in [6.07, 6.45) is 1.72. The first-order chi connectivity index (χ1) is 15.2. The van der Waals surface area contributed by atoms with Gasteiger partial charge in [0.05, 0.1) is 11.4 Å². The summed E-state index contributed by atoms with van der Waals surface area (Å²) in [7, 11) is 0. The fourth-order valence-electron chi connectivity index (χ4n) is 2.61. The molecule has 1 amide bonds. The maximum Gasteiger partial charge on any atom is 0.277 e. The first-order valence-corrected chi connectivity index (χ1v) is 10.7. The van der Waals surface area contributed by atoms with E-state index in [1.165, 1.54) is 0 Å². The molecule has 0 atom stereocenters. The van der Waals surface area contributed by atoms with Crippen LogP contribution in [0, 0.1) is 0 Å². The van der Waals surface area contributed by atoms with Gasteiger partial charge in [0, 0.05) is 28.5 Å². The minimum atomic E-state index is -0.196. The molecule has 7 nitrogen and oxygen atoms in total. The summed E-state index contributed by atoms with van der Waals surface area (Å²) in [4.78, 5) is 16.5. The van der Waals surface area contributed by atoms with E-state index in [1.54, 1.807) is 42.6 Å². The van der Waals surface area contributed by atoms with Crippen LogP contribution in [0.3, 0.4) is 0 Å². The molecular weight excluding hydrogens is 436 g/mol. The smallest absolute Gasteiger partial charge is 0.277 e. The predicted molar refractivity (Wildman–Crippen MR) is 119 cm³/mol. The highest BCUT2D eigenvalue weighted by atomic mass is 35.5. The molecule has 0 aliphatic heterocycles. The van der Waals surface area contributed by atoms with E-state index >= 15 is 0 Å². The summed E-state index contributed by atoms with van der Waals surface area (Å²) in [6, 6.07) is 19.9. The number of rotatable bonds is 8.